The Morgan fingerprint density at radius 2 is 2.21 bits per heavy atom. The Kier molecular flexibility index (Phi) is 4.94. The number of amides is 2. The highest BCUT2D eigenvalue weighted by molar-refractivity contribution is 5.74. The van der Waals surface area contributed by atoms with E-state index < -0.39 is 24.0 Å². The smallest absolute Gasteiger partial charge is 0.317 e. The molecule has 1 heterocycles. The summed E-state index contributed by atoms with van der Waals surface area (Å²) in [6, 6.07) is 3.05. The summed E-state index contributed by atoms with van der Waals surface area (Å²) in [7, 11) is 1.57. The number of furan rings is 1. The monoisotopic (exact) mass is 270 g/mol. The van der Waals surface area contributed by atoms with Crippen LogP contribution in [0.25, 0.3) is 0 Å². The molecule has 0 saturated carbocycles. The lowest BCUT2D eigenvalue weighted by Crippen LogP contribution is -2.46. The van der Waals surface area contributed by atoms with Crippen LogP contribution in [0.1, 0.15) is 19.1 Å². The SMILES string of the molecule is CN(Cc1ccco1)C(=O)NCC(C)(O)CC(=O)O. The molecule has 0 aliphatic rings. The number of carboxylic acids is 1. The van der Waals surface area contributed by atoms with Crippen molar-refractivity contribution in [1.82, 2.24) is 10.2 Å². The molecule has 0 spiro atoms. The lowest BCUT2D eigenvalue weighted by molar-refractivity contribution is -0.141. The average molecular weight is 270 g/mol. The summed E-state index contributed by atoms with van der Waals surface area (Å²) in [6.45, 7) is 1.51. The van der Waals surface area contributed by atoms with Gasteiger partial charge in [0.15, 0.2) is 0 Å². The van der Waals surface area contributed by atoms with Crippen LogP contribution in [0.2, 0.25) is 0 Å². The number of hydrogen-bond acceptors (Lipinski definition) is 4. The van der Waals surface area contributed by atoms with Crippen LogP contribution in [0.15, 0.2) is 22.8 Å². The van der Waals surface area contributed by atoms with Gasteiger partial charge < -0.3 is 24.8 Å². The summed E-state index contributed by atoms with van der Waals surface area (Å²) in [5.74, 6) is -0.488. The minimum Gasteiger partial charge on any atom is -0.481 e. The van der Waals surface area contributed by atoms with Crippen molar-refractivity contribution in [3.8, 4) is 0 Å². The third-order valence-electron chi connectivity index (χ3n) is 2.47. The van der Waals surface area contributed by atoms with Crippen molar-refractivity contribution in [2.24, 2.45) is 0 Å². The second-order valence-corrected chi connectivity index (χ2v) is 4.66. The largest absolute Gasteiger partial charge is 0.481 e. The van der Waals surface area contributed by atoms with E-state index in [1.807, 2.05) is 0 Å². The molecule has 1 aromatic rings. The molecular formula is C12H18N2O5. The van der Waals surface area contributed by atoms with Crippen LogP contribution in [0.5, 0.6) is 0 Å². The quantitative estimate of drug-likeness (QED) is 0.704. The standard InChI is InChI=1S/C12H18N2O5/c1-12(18,6-10(15)16)8-13-11(17)14(2)7-9-4-3-5-19-9/h3-5,18H,6-8H2,1-2H3,(H,13,17)(H,15,16). The molecule has 1 aromatic heterocycles. The van der Waals surface area contributed by atoms with E-state index in [4.69, 9.17) is 9.52 Å². The Morgan fingerprint density at radius 1 is 1.53 bits per heavy atom. The van der Waals surface area contributed by atoms with E-state index in [-0.39, 0.29) is 6.54 Å². The van der Waals surface area contributed by atoms with Crippen molar-refractivity contribution in [1.29, 1.82) is 0 Å². The first kappa shape index (κ1) is 15.0. The van der Waals surface area contributed by atoms with Crippen LogP contribution in [-0.2, 0) is 11.3 Å². The molecule has 3 N–H and O–H groups in total. The summed E-state index contributed by atoms with van der Waals surface area (Å²) in [5, 5.41) is 20.8. The molecule has 1 rings (SSSR count). The fourth-order valence-electron chi connectivity index (χ4n) is 1.50. The Balaban J connectivity index is 2.40. The van der Waals surface area contributed by atoms with E-state index in [1.54, 1.807) is 19.2 Å². The summed E-state index contributed by atoms with van der Waals surface area (Å²) in [4.78, 5) is 23.6. The maximum atomic E-state index is 11.7. The maximum Gasteiger partial charge on any atom is 0.317 e. The van der Waals surface area contributed by atoms with Gasteiger partial charge >= 0.3 is 12.0 Å². The minimum absolute atomic E-state index is 0.138. The van der Waals surface area contributed by atoms with E-state index in [0.717, 1.165) is 0 Å². The van der Waals surface area contributed by atoms with Crippen LogP contribution in [0, 0.1) is 0 Å². The fourth-order valence-corrected chi connectivity index (χ4v) is 1.50. The molecule has 0 aliphatic heterocycles. The van der Waals surface area contributed by atoms with E-state index in [0.29, 0.717) is 12.3 Å². The van der Waals surface area contributed by atoms with E-state index in [2.05, 4.69) is 5.32 Å². The highest BCUT2D eigenvalue weighted by Crippen LogP contribution is 2.08. The van der Waals surface area contributed by atoms with Crippen molar-refractivity contribution in [2.75, 3.05) is 13.6 Å². The molecule has 0 aliphatic carbocycles. The van der Waals surface area contributed by atoms with Crippen LogP contribution in [0.4, 0.5) is 4.79 Å². The highest BCUT2D eigenvalue weighted by atomic mass is 16.4. The number of rotatable bonds is 6. The fraction of sp³-hybridized carbons (Fsp3) is 0.500. The molecule has 7 heteroatoms. The van der Waals surface area contributed by atoms with Gasteiger partial charge in [-0.15, -0.1) is 0 Å². The van der Waals surface area contributed by atoms with Gasteiger partial charge in [0.2, 0.25) is 0 Å². The second-order valence-electron chi connectivity index (χ2n) is 4.66. The Bertz CT molecular complexity index is 427. The van der Waals surface area contributed by atoms with Crippen LogP contribution in [-0.4, -0.2) is 46.3 Å². The summed E-state index contributed by atoms with van der Waals surface area (Å²) >= 11 is 0. The zero-order chi connectivity index (χ0) is 14.5. The summed E-state index contributed by atoms with van der Waals surface area (Å²) in [5.41, 5.74) is -1.48. The predicted octanol–water partition coefficient (Wildman–Crippen LogP) is 0.647. The lowest BCUT2D eigenvalue weighted by atomic mass is 10.0. The number of carboxylic acid groups (broad SMARTS) is 1. The van der Waals surface area contributed by atoms with Crippen LogP contribution < -0.4 is 5.32 Å². The summed E-state index contributed by atoms with van der Waals surface area (Å²) < 4.78 is 5.10. The lowest BCUT2D eigenvalue weighted by Gasteiger charge is -2.24. The maximum absolute atomic E-state index is 11.7. The van der Waals surface area contributed by atoms with Gasteiger partial charge in [-0.2, -0.15) is 0 Å². The number of aliphatic carboxylic acids is 1. The number of carbonyl (C=O) groups is 2. The predicted molar refractivity (Wildman–Crippen MR) is 66.5 cm³/mol. The topological polar surface area (TPSA) is 103 Å². The highest BCUT2D eigenvalue weighted by Gasteiger charge is 2.25. The molecule has 2 amide bonds. The first-order valence-electron chi connectivity index (χ1n) is 5.76. The molecular weight excluding hydrogens is 252 g/mol. The van der Waals surface area contributed by atoms with Crippen molar-refractivity contribution < 1.29 is 24.2 Å². The molecule has 1 unspecified atom stereocenters. The van der Waals surface area contributed by atoms with Gasteiger partial charge in [-0.3, -0.25) is 4.79 Å². The van der Waals surface area contributed by atoms with Gasteiger partial charge in [-0.1, -0.05) is 0 Å². The van der Waals surface area contributed by atoms with Gasteiger partial charge in [0.25, 0.3) is 0 Å². The average Bonchev–Trinajstić information content (AvgIpc) is 2.76. The molecule has 19 heavy (non-hydrogen) atoms. The number of nitrogens with one attached hydrogen (secondary N) is 1. The Morgan fingerprint density at radius 3 is 2.74 bits per heavy atom. The molecule has 1 atom stereocenters. The zero-order valence-electron chi connectivity index (χ0n) is 10.9. The third kappa shape index (κ3) is 5.43. The minimum atomic E-state index is -1.48. The number of aliphatic hydroxyl groups is 1. The van der Waals surface area contributed by atoms with Crippen LogP contribution >= 0.6 is 0 Å². The Labute approximate surface area is 110 Å². The molecule has 0 aromatic carbocycles. The molecule has 7 nitrogen and oxygen atoms in total. The molecule has 0 radical (unpaired) electrons. The van der Waals surface area contributed by atoms with Crippen molar-refractivity contribution >= 4 is 12.0 Å². The number of urea groups is 1. The van der Waals surface area contributed by atoms with E-state index >= 15 is 0 Å². The summed E-state index contributed by atoms with van der Waals surface area (Å²) in [6.07, 6.45) is 1.08. The molecule has 106 valence electrons. The van der Waals surface area contributed by atoms with Crippen molar-refractivity contribution in [3.05, 3.63) is 24.2 Å². The first-order valence-corrected chi connectivity index (χ1v) is 5.76. The van der Waals surface area contributed by atoms with Crippen molar-refractivity contribution in [3.63, 3.8) is 0 Å². The van der Waals surface area contributed by atoms with Gasteiger partial charge in [0.1, 0.15) is 5.76 Å². The van der Waals surface area contributed by atoms with Gasteiger partial charge in [-0.25, -0.2) is 4.79 Å². The Hall–Kier alpha value is -2.02. The normalized spacial score (nSPS) is 13.6. The number of hydrogen-bond donors (Lipinski definition) is 3. The molecule has 0 saturated heterocycles. The molecule has 0 fully saturated rings. The van der Waals surface area contributed by atoms with Gasteiger partial charge in [-0.05, 0) is 19.1 Å². The molecule has 0 bridgehead atoms. The number of carbonyl (C=O) groups excluding carboxylic acids is 1. The van der Waals surface area contributed by atoms with Gasteiger partial charge in [0.05, 0.1) is 24.8 Å². The zero-order valence-corrected chi connectivity index (χ0v) is 10.9. The van der Waals surface area contributed by atoms with Gasteiger partial charge in [0, 0.05) is 13.6 Å². The third-order valence-corrected chi connectivity index (χ3v) is 2.47. The second kappa shape index (κ2) is 6.24. The van der Waals surface area contributed by atoms with E-state index in [9.17, 15) is 14.7 Å². The van der Waals surface area contributed by atoms with E-state index in [1.165, 1.54) is 18.1 Å². The van der Waals surface area contributed by atoms with Crippen molar-refractivity contribution in [2.45, 2.75) is 25.5 Å². The first-order chi connectivity index (χ1) is 8.80. The van der Waals surface area contributed by atoms with Crippen LogP contribution in [0.3, 0.4) is 0 Å². The number of nitrogens with zero attached hydrogens (tertiary/aromatic N) is 1.